The van der Waals surface area contributed by atoms with Crippen molar-refractivity contribution in [1.29, 1.82) is 0 Å². The van der Waals surface area contributed by atoms with Gasteiger partial charge in [0.15, 0.2) is 0 Å². The third kappa shape index (κ3) is 4.46. The molecule has 4 N–H and O–H groups in total. The molecule has 0 aliphatic heterocycles. The first-order chi connectivity index (χ1) is 5.72. The molecule has 0 aliphatic rings. The molecule has 0 aliphatic carbocycles. The van der Waals surface area contributed by atoms with Gasteiger partial charge < -0.3 is 11.5 Å². The Morgan fingerprint density at radius 2 is 1.75 bits per heavy atom. The summed E-state index contributed by atoms with van der Waals surface area (Å²) in [6, 6.07) is 8.76. The highest BCUT2D eigenvalue weighted by Crippen LogP contribution is 1.94. The minimum Gasteiger partial charge on any atom is -0.366 e. The van der Waals surface area contributed by atoms with Crippen molar-refractivity contribution in [3.8, 4) is 0 Å². The zero-order chi connectivity index (χ0) is 9.40. The van der Waals surface area contributed by atoms with E-state index in [4.69, 9.17) is 11.5 Å². The van der Waals surface area contributed by atoms with E-state index >= 15 is 0 Å². The number of carbonyl (C=O) groups excluding carboxylic acids is 1. The van der Waals surface area contributed by atoms with Crippen LogP contribution < -0.4 is 11.5 Å². The van der Waals surface area contributed by atoms with Gasteiger partial charge >= 0.3 is 0 Å². The monoisotopic (exact) mass is 166 g/mol. The van der Waals surface area contributed by atoms with E-state index in [1.165, 1.54) is 0 Å². The van der Waals surface area contributed by atoms with E-state index in [0.717, 1.165) is 6.54 Å². The zero-order valence-corrected chi connectivity index (χ0v) is 7.16. The molecule has 12 heavy (non-hydrogen) atoms. The first kappa shape index (κ1) is 10.7. The largest absolute Gasteiger partial charge is 0.366 e. The van der Waals surface area contributed by atoms with Gasteiger partial charge in [-0.1, -0.05) is 25.1 Å². The molecule has 1 aromatic rings. The minimum absolute atomic E-state index is 0.379. The Bertz CT molecular complexity index is 221. The summed E-state index contributed by atoms with van der Waals surface area (Å²) in [5.41, 5.74) is 10.4. The Morgan fingerprint density at radius 1 is 1.33 bits per heavy atom. The molecule has 0 heterocycles. The van der Waals surface area contributed by atoms with Crippen LogP contribution in [-0.4, -0.2) is 12.5 Å². The molecule has 1 aromatic carbocycles. The van der Waals surface area contributed by atoms with Crippen LogP contribution in [0.25, 0.3) is 0 Å². The van der Waals surface area contributed by atoms with Crippen LogP contribution >= 0.6 is 0 Å². The summed E-state index contributed by atoms with van der Waals surface area (Å²) >= 11 is 0. The number of hydrogen-bond donors (Lipinski definition) is 2. The van der Waals surface area contributed by atoms with Crippen molar-refractivity contribution in [1.82, 2.24) is 0 Å². The molecule has 0 spiro atoms. The third-order valence-corrected chi connectivity index (χ3v) is 1.06. The van der Waals surface area contributed by atoms with Gasteiger partial charge in [0.2, 0.25) is 5.91 Å². The van der Waals surface area contributed by atoms with Crippen molar-refractivity contribution in [2.75, 3.05) is 6.54 Å². The van der Waals surface area contributed by atoms with Crippen molar-refractivity contribution < 1.29 is 4.79 Å². The number of carbonyl (C=O) groups is 1. The fraction of sp³-hybridized carbons (Fsp3) is 0.222. The Hall–Kier alpha value is -1.35. The SMILES string of the molecule is CCN.NC(=O)c1ccccc1. The molecular formula is C9H14N2O. The molecule has 0 saturated carbocycles. The molecule has 0 unspecified atom stereocenters. The quantitative estimate of drug-likeness (QED) is 0.646. The van der Waals surface area contributed by atoms with Gasteiger partial charge in [-0.2, -0.15) is 0 Å². The summed E-state index contributed by atoms with van der Waals surface area (Å²) in [5.74, 6) is -0.379. The maximum atomic E-state index is 10.4. The fourth-order valence-electron chi connectivity index (χ4n) is 0.602. The summed E-state index contributed by atoms with van der Waals surface area (Å²) < 4.78 is 0. The Labute approximate surface area is 72.4 Å². The van der Waals surface area contributed by atoms with E-state index in [1.807, 2.05) is 13.0 Å². The predicted molar refractivity (Wildman–Crippen MR) is 49.7 cm³/mol. The second kappa shape index (κ2) is 6.37. The lowest BCUT2D eigenvalue weighted by atomic mass is 10.2. The molecule has 0 saturated heterocycles. The summed E-state index contributed by atoms with van der Waals surface area (Å²) in [7, 11) is 0. The first-order valence-electron chi connectivity index (χ1n) is 3.77. The van der Waals surface area contributed by atoms with E-state index in [2.05, 4.69) is 0 Å². The Kier molecular flexibility index (Phi) is 5.65. The standard InChI is InChI=1S/C7H7NO.C2H7N/c8-7(9)6-4-2-1-3-5-6;1-2-3/h1-5H,(H2,8,9);2-3H2,1H3. The van der Waals surface area contributed by atoms with Crippen molar-refractivity contribution in [2.45, 2.75) is 6.92 Å². The average molecular weight is 166 g/mol. The molecule has 0 aromatic heterocycles. The van der Waals surface area contributed by atoms with Crippen LogP contribution in [0.15, 0.2) is 30.3 Å². The second-order valence-corrected chi connectivity index (χ2v) is 2.14. The normalized spacial score (nSPS) is 8.17. The molecule has 3 nitrogen and oxygen atoms in total. The summed E-state index contributed by atoms with van der Waals surface area (Å²) in [5, 5.41) is 0. The first-order valence-corrected chi connectivity index (χ1v) is 3.77. The molecule has 0 fully saturated rings. The average Bonchev–Trinajstić information content (AvgIpc) is 2.07. The van der Waals surface area contributed by atoms with Gasteiger partial charge in [0.1, 0.15) is 0 Å². The van der Waals surface area contributed by atoms with Crippen LogP contribution in [0.4, 0.5) is 0 Å². The third-order valence-electron chi connectivity index (χ3n) is 1.06. The van der Waals surface area contributed by atoms with Crippen molar-refractivity contribution in [2.24, 2.45) is 11.5 Å². The fourth-order valence-corrected chi connectivity index (χ4v) is 0.602. The number of nitrogens with two attached hydrogens (primary N) is 2. The van der Waals surface area contributed by atoms with E-state index in [0.29, 0.717) is 5.56 Å². The van der Waals surface area contributed by atoms with Crippen molar-refractivity contribution in [3.63, 3.8) is 0 Å². The van der Waals surface area contributed by atoms with Crippen molar-refractivity contribution in [3.05, 3.63) is 35.9 Å². The smallest absolute Gasteiger partial charge is 0.248 e. The highest BCUT2D eigenvalue weighted by atomic mass is 16.1. The Morgan fingerprint density at radius 3 is 2.00 bits per heavy atom. The van der Waals surface area contributed by atoms with Gasteiger partial charge in [-0.3, -0.25) is 4.79 Å². The lowest BCUT2D eigenvalue weighted by Gasteiger charge is -1.89. The molecule has 0 radical (unpaired) electrons. The van der Waals surface area contributed by atoms with Crippen LogP contribution in [0.1, 0.15) is 17.3 Å². The van der Waals surface area contributed by atoms with E-state index in [-0.39, 0.29) is 5.91 Å². The van der Waals surface area contributed by atoms with Crippen LogP contribution in [0.5, 0.6) is 0 Å². The minimum atomic E-state index is -0.379. The maximum absolute atomic E-state index is 10.4. The van der Waals surface area contributed by atoms with Crippen LogP contribution in [0, 0.1) is 0 Å². The summed E-state index contributed by atoms with van der Waals surface area (Å²) in [6.07, 6.45) is 0. The predicted octanol–water partition coefficient (Wildman–Crippen LogP) is 0.751. The molecule has 1 rings (SSSR count). The summed E-state index contributed by atoms with van der Waals surface area (Å²) in [4.78, 5) is 10.4. The van der Waals surface area contributed by atoms with Gasteiger partial charge in [0.25, 0.3) is 0 Å². The topological polar surface area (TPSA) is 69.1 Å². The van der Waals surface area contributed by atoms with E-state index in [1.54, 1.807) is 24.3 Å². The van der Waals surface area contributed by atoms with Crippen LogP contribution in [-0.2, 0) is 0 Å². The van der Waals surface area contributed by atoms with Crippen LogP contribution in [0.3, 0.4) is 0 Å². The Balaban J connectivity index is 0.000000354. The highest BCUT2D eigenvalue weighted by Gasteiger charge is 1.93. The van der Waals surface area contributed by atoms with Gasteiger partial charge in [-0.25, -0.2) is 0 Å². The number of benzene rings is 1. The number of primary amides is 1. The summed E-state index contributed by atoms with van der Waals surface area (Å²) in [6.45, 7) is 2.65. The van der Waals surface area contributed by atoms with Gasteiger partial charge in [-0.15, -0.1) is 0 Å². The molecular weight excluding hydrogens is 152 g/mol. The lowest BCUT2D eigenvalue weighted by Crippen LogP contribution is -2.09. The molecule has 3 heteroatoms. The maximum Gasteiger partial charge on any atom is 0.248 e. The second-order valence-electron chi connectivity index (χ2n) is 2.14. The molecule has 66 valence electrons. The van der Waals surface area contributed by atoms with E-state index in [9.17, 15) is 4.79 Å². The van der Waals surface area contributed by atoms with Gasteiger partial charge in [-0.05, 0) is 18.7 Å². The number of hydrogen-bond acceptors (Lipinski definition) is 2. The van der Waals surface area contributed by atoms with Gasteiger partial charge in [0, 0.05) is 5.56 Å². The number of rotatable bonds is 1. The number of amides is 1. The van der Waals surface area contributed by atoms with Gasteiger partial charge in [0.05, 0.1) is 0 Å². The van der Waals surface area contributed by atoms with E-state index < -0.39 is 0 Å². The lowest BCUT2D eigenvalue weighted by molar-refractivity contribution is 0.100. The van der Waals surface area contributed by atoms with Crippen molar-refractivity contribution >= 4 is 5.91 Å². The highest BCUT2D eigenvalue weighted by molar-refractivity contribution is 5.92. The molecule has 0 atom stereocenters. The molecule has 1 amide bonds. The molecule has 0 bridgehead atoms. The van der Waals surface area contributed by atoms with Crippen LogP contribution in [0.2, 0.25) is 0 Å². The zero-order valence-electron chi connectivity index (χ0n) is 7.16.